The minimum Gasteiger partial charge on any atom is -0.339 e. The molecule has 1 heterocycles. The lowest BCUT2D eigenvalue weighted by Crippen LogP contribution is -2.41. The Bertz CT molecular complexity index is 335. The Morgan fingerprint density at radius 2 is 2.00 bits per heavy atom. The van der Waals surface area contributed by atoms with Crippen molar-refractivity contribution in [3.8, 4) is 0 Å². The van der Waals surface area contributed by atoms with Gasteiger partial charge >= 0.3 is 0 Å². The Balaban J connectivity index is 1.65. The molecule has 3 aliphatic rings. The number of ketones is 1. The van der Waals surface area contributed by atoms with E-state index in [2.05, 4.69) is 0 Å². The van der Waals surface area contributed by atoms with Crippen molar-refractivity contribution in [1.82, 2.24) is 4.90 Å². The van der Waals surface area contributed by atoms with Crippen LogP contribution in [0.25, 0.3) is 0 Å². The van der Waals surface area contributed by atoms with Crippen LogP contribution in [0, 0.1) is 11.8 Å². The summed E-state index contributed by atoms with van der Waals surface area (Å²) in [6, 6.07) is 0.247. The fourth-order valence-corrected chi connectivity index (χ4v) is 3.46. The molecule has 94 valence electrons. The molecule has 0 aromatic heterocycles. The molecule has 3 rings (SSSR count). The quantitative estimate of drug-likeness (QED) is 0.751. The molecule has 0 aromatic carbocycles. The summed E-state index contributed by atoms with van der Waals surface area (Å²) in [5, 5.41) is 0. The Hall–Kier alpha value is -0.860. The van der Waals surface area contributed by atoms with Crippen molar-refractivity contribution in [1.29, 1.82) is 0 Å². The monoisotopic (exact) mass is 235 g/mol. The van der Waals surface area contributed by atoms with Gasteiger partial charge in [0.05, 0.1) is 0 Å². The van der Waals surface area contributed by atoms with Gasteiger partial charge in [0.25, 0.3) is 0 Å². The van der Waals surface area contributed by atoms with E-state index in [0.717, 1.165) is 45.1 Å². The number of hydrogen-bond acceptors (Lipinski definition) is 2. The molecule has 3 fully saturated rings. The first-order valence-corrected chi connectivity index (χ1v) is 7.08. The summed E-state index contributed by atoms with van der Waals surface area (Å²) in [7, 11) is 0. The average Bonchev–Trinajstić information content (AvgIpc) is 2.83. The Kier molecular flexibility index (Phi) is 2.93. The highest BCUT2D eigenvalue weighted by molar-refractivity contribution is 5.85. The number of likely N-dealkylation sites (tertiary alicyclic amines) is 1. The second kappa shape index (κ2) is 4.43. The first kappa shape index (κ1) is 11.2. The lowest BCUT2D eigenvalue weighted by atomic mass is 9.95. The minimum atomic E-state index is 0.167. The van der Waals surface area contributed by atoms with Crippen LogP contribution in [0.3, 0.4) is 0 Å². The van der Waals surface area contributed by atoms with Gasteiger partial charge in [-0.1, -0.05) is 0 Å². The molecular formula is C14H21NO2. The highest BCUT2D eigenvalue weighted by Crippen LogP contribution is 2.37. The number of hydrogen-bond donors (Lipinski definition) is 0. The van der Waals surface area contributed by atoms with Gasteiger partial charge in [-0.25, -0.2) is 0 Å². The smallest absolute Gasteiger partial charge is 0.223 e. The molecule has 0 bridgehead atoms. The van der Waals surface area contributed by atoms with Gasteiger partial charge in [-0.3, -0.25) is 9.59 Å². The Labute approximate surface area is 103 Å². The summed E-state index contributed by atoms with van der Waals surface area (Å²) in [5.41, 5.74) is 0. The SMILES string of the molecule is O=C1CCCC1C1CCCN1C(=O)CC1CC1. The molecule has 1 amide bonds. The van der Waals surface area contributed by atoms with Crippen LogP contribution in [-0.2, 0) is 9.59 Å². The van der Waals surface area contributed by atoms with Crippen LogP contribution in [0.15, 0.2) is 0 Å². The van der Waals surface area contributed by atoms with E-state index < -0.39 is 0 Å². The molecule has 17 heavy (non-hydrogen) atoms. The normalized spacial score (nSPS) is 33.4. The third-order valence-corrected chi connectivity index (χ3v) is 4.60. The van der Waals surface area contributed by atoms with Gasteiger partial charge in [0, 0.05) is 31.3 Å². The number of carbonyl (C=O) groups is 2. The first-order chi connectivity index (χ1) is 8.25. The van der Waals surface area contributed by atoms with Crippen LogP contribution in [0.2, 0.25) is 0 Å². The second-order valence-corrected chi connectivity index (χ2v) is 5.91. The molecule has 1 saturated heterocycles. The van der Waals surface area contributed by atoms with E-state index in [-0.39, 0.29) is 12.0 Å². The van der Waals surface area contributed by atoms with Gasteiger partial charge in [0.1, 0.15) is 5.78 Å². The summed E-state index contributed by atoms with van der Waals surface area (Å²) < 4.78 is 0. The van der Waals surface area contributed by atoms with Crippen LogP contribution in [0.1, 0.15) is 51.4 Å². The van der Waals surface area contributed by atoms with Crippen molar-refractivity contribution in [3.05, 3.63) is 0 Å². The topological polar surface area (TPSA) is 37.4 Å². The maximum absolute atomic E-state index is 12.2. The van der Waals surface area contributed by atoms with Crippen LogP contribution in [-0.4, -0.2) is 29.2 Å². The minimum absolute atomic E-state index is 0.167. The predicted molar refractivity (Wildman–Crippen MR) is 64.4 cm³/mol. The third kappa shape index (κ3) is 2.24. The molecule has 0 radical (unpaired) electrons. The zero-order valence-electron chi connectivity index (χ0n) is 10.4. The Morgan fingerprint density at radius 1 is 1.18 bits per heavy atom. The molecule has 0 spiro atoms. The standard InChI is InChI=1S/C14H21NO2/c16-13-5-1-3-11(13)12-4-2-8-15(12)14(17)9-10-6-7-10/h10-12H,1-9H2. The van der Waals surface area contributed by atoms with Crippen molar-refractivity contribution in [2.45, 2.75) is 57.4 Å². The summed E-state index contributed by atoms with van der Waals surface area (Å²) in [6.07, 6.45) is 8.11. The summed E-state index contributed by atoms with van der Waals surface area (Å²) >= 11 is 0. The zero-order valence-corrected chi connectivity index (χ0v) is 10.4. The van der Waals surface area contributed by atoms with Crippen LogP contribution >= 0.6 is 0 Å². The lowest BCUT2D eigenvalue weighted by Gasteiger charge is -2.28. The summed E-state index contributed by atoms with van der Waals surface area (Å²) in [4.78, 5) is 26.0. The van der Waals surface area contributed by atoms with Gasteiger partial charge in [0.15, 0.2) is 0 Å². The van der Waals surface area contributed by atoms with Crippen LogP contribution in [0.4, 0.5) is 0 Å². The highest BCUT2D eigenvalue weighted by Gasteiger charge is 2.40. The fourth-order valence-electron chi connectivity index (χ4n) is 3.46. The zero-order chi connectivity index (χ0) is 11.8. The second-order valence-electron chi connectivity index (χ2n) is 5.91. The van der Waals surface area contributed by atoms with Gasteiger partial charge in [-0.05, 0) is 44.4 Å². The van der Waals surface area contributed by atoms with E-state index in [1.807, 2.05) is 4.90 Å². The van der Waals surface area contributed by atoms with Crippen molar-refractivity contribution >= 4 is 11.7 Å². The molecule has 0 aromatic rings. The van der Waals surface area contributed by atoms with E-state index in [9.17, 15) is 9.59 Å². The van der Waals surface area contributed by atoms with E-state index in [1.54, 1.807) is 0 Å². The molecule has 2 atom stereocenters. The van der Waals surface area contributed by atoms with Crippen molar-refractivity contribution < 1.29 is 9.59 Å². The molecule has 3 heteroatoms. The predicted octanol–water partition coefficient (Wildman–Crippen LogP) is 2.15. The average molecular weight is 235 g/mol. The van der Waals surface area contributed by atoms with E-state index >= 15 is 0 Å². The number of carbonyl (C=O) groups excluding carboxylic acids is 2. The maximum atomic E-state index is 12.2. The third-order valence-electron chi connectivity index (χ3n) is 4.60. The van der Waals surface area contributed by atoms with E-state index in [0.29, 0.717) is 17.6 Å². The molecule has 1 aliphatic heterocycles. The number of nitrogens with zero attached hydrogens (tertiary/aromatic N) is 1. The van der Waals surface area contributed by atoms with Gasteiger partial charge < -0.3 is 4.90 Å². The molecular weight excluding hydrogens is 214 g/mol. The van der Waals surface area contributed by atoms with Crippen molar-refractivity contribution in [2.75, 3.05) is 6.54 Å². The molecule has 2 saturated carbocycles. The van der Waals surface area contributed by atoms with Crippen molar-refractivity contribution in [3.63, 3.8) is 0 Å². The molecule has 0 N–H and O–H groups in total. The van der Waals surface area contributed by atoms with Crippen LogP contribution in [0.5, 0.6) is 0 Å². The van der Waals surface area contributed by atoms with Gasteiger partial charge in [-0.15, -0.1) is 0 Å². The molecule has 2 unspecified atom stereocenters. The first-order valence-electron chi connectivity index (χ1n) is 7.08. The lowest BCUT2D eigenvalue weighted by molar-refractivity contribution is -0.134. The summed E-state index contributed by atoms with van der Waals surface area (Å²) in [6.45, 7) is 0.889. The molecule has 2 aliphatic carbocycles. The van der Waals surface area contributed by atoms with Gasteiger partial charge in [-0.2, -0.15) is 0 Å². The Morgan fingerprint density at radius 3 is 2.65 bits per heavy atom. The van der Waals surface area contributed by atoms with Crippen molar-refractivity contribution in [2.24, 2.45) is 11.8 Å². The van der Waals surface area contributed by atoms with Crippen LogP contribution < -0.4 is 0 Å². The van der Waals surface area contributed by atoms with E-state index in [1.165, 1.54) is 12.8 Å². The van der Waals surface area contributed by atoms with Gasteiger partial charge in [0.2, 0.25) is 5.91 Å². The highest BCUT2D eigenvalue weighted by atomic mass is 16.2. The number of rotatable bonds is 3. The number of amides is 1. The largest absolute Gasteiger partial charge is 0.339 e. The maximum Gasteiger partial charge on any atom is 0.223 e. The summed E-state index contributed by atoms with van der Waals surface area (Å²) in [5.74, 6) is 1.54. The fraction of sp³-hybridized carbons (Fsp3) is 0.857. The number of Topliss-reactive ketones (excluding diaryl/α,β-unsaturated/α-hetero) is 1. The molecule has 3 nitrogen and oxygen atoms in total. The van der Waals surface area contributed by atoms with E-state index in [4.69, 9.17) is 0 Å².